The van der Waals surface area contributed by atoms with Crippen LogP contribution in [0.1, 0.15) is 31.0 Å². The molecule has 0 aliphatic heterocycles. The molecule has 5 rings (SSSR count). The Morgan fingerprint density at radius 3 is 2.50 bits per heavy atom. The number of pyridine rings is 1. The number of rotatable bonds is 5. The molecule has 2 N–H and O–H groups in total. The molecule has 0 fully saturated rings. The summed E-state index contributed by atoms with van der Waals surface area (Å²) in [4.78, 5) is 17.2. The Balaban J connectivity index is 1.36. The zero-order valence-corrected chi connectivity index (χ0v) is 20.5. The molecule has 0 radical (unpaired) electrons. The number of halogens is 1. The van der Waals surface area contributed by atoms with E-state index in [0.717, 1.165) is 27.7 Å². The minimum Gasteiger partial charge on any atom is -0.308 e. The number of amides is 2. The summed E-state index contributed by atoms with van der Waals surface area (Å²) in [6.45, 7) is 5.72. The van der Waals surface area contributed by atoms with Gasteiger partial charge in [0.1, 0.15) is 11.6 Å². The fourth-order valence-electron chi connectivity index (χ4n) is 3.98. The summed E-state index contributed by atoms with van der Waals surface area (Å²) in [5, 5.41) is 15.6. The van der Waals surface area contributed by atoms with Gasteiger partial charge in [-0.2, -0.15) is 10.2 Å². The summed E-state index contributed by atoms with van der Waals surface area (Å²) in [7, 11) is 1.88. The van der Waals surface area contributed by atoms with Crippen molar-refractivity contribution in [1.82, 2.24) is 24.5 Å². The molecule has 0 spiro atoms. The minimum atomic E-state index is -0.428. The van der Waals surface area contributed by atoms with Gasteiger partial charge in [-0.15, -0.1) is 0 Å². The van der Waals surface area contributed by atoms with Gasteiger partial charge in [0.2, 0.25) is 0 Å². The second-order valence-corrected chi connectivity index (χ2v) is 9.00. The van der Waals surface area contributed by atoms with Crippen molar-refractivity contribution in [1.29, 1.82) is 0 Å². The largest absolute Gasteiger partial charge is 0.324 e. The lowest BCUT2D eigenvalue weighted by atomic mass is 10.0. The van der Waals surface area contributed by atoms with Gasteiger partial charge in [0.25, 0.3) is 0 Å². The van der Waals surface area contributed by atoms with E-state index in [0.29, 0.717) is 22.8 Å². The molecule has 8 nitrogen and oxygen atoms in total. The highest BCUT2D eigenvalue weighted by Crippen LogP contribution is 2.28. The summed E-state index contributed by atoms with van der Waals surface area (Å²) in [5.41, 5.74) is 5.36. The lowest BCUT2D eigenvalue weighted by Crippen LogP contribution is -2.21. The molecule has 5 aromatic rings. The van der Waals surface area contributed by atoms with Gasteiger partial charge >= 0.3 is 6.03 Å². The Labute approximate surface area is 207 Å². The summed E-state index contributed by atoms with van der Waals surface area (Å²) < 4.78 is 17.5. The molecule has 182 valence electrons. The predicted octanol–water partition coefficient (Wildman–Crippen LogP) is 6.04. The molecule has 0 bridgehead atoms. The molecule has 0 aliphatic rings. The SMILES string of the molecule is Cc1ccc(-n2nc(C(C)C)cc2NC(=O)Nc2ccc(-c3cncc4c3cnn4C)cc2)cc1F. The number of aryl methyl sites for hydroxylation is 2. The van der Waals surface area contributed by atoms with Crippen LogP contribution in [0.4, 0.5) is 20.7 Å². The smallest absolute Gasteiger partial charge is 0.308 e. The monoisotopic (exact) mass is 483 g/mol. The first kappa shape index (κ1) is 23.2. The first-order chi connectivity index (χ1) is 17.3. The number of urea groups is 1. The van der Waals surface area contributed by atoms with Gasteiger partial charge in [0.05, 0.1) is 29.3 Å². The van der Waals surface area contributed by atoms with E-state index in [4.69, 9.17) is 0 Å². The van der Waals surface area contributed by atoms with Crippen molar-refractivity contribution in [2.24, 2.45) is 7.05 Å². The van der Waals surface area contributed by atoms with Gasteiger partial charge in [0.15, 0.2) is 0 Å². The van der Waals surface area contributed by atoms with Crippen LogP contribution in [0.2, 0.25) is 0 Å². The second-order valence-electron chi connectivity index (χ2n) is 9.00. The van der Waals surface area contributed by atoms with Crippen LogP contribution in [0, 0.1) is 12.7 Å². The highest BCUT2D eigenvalue weighted by molar-refractivity contribution is 6.00. The molecule has 3 aromatic heterocycles. The zero-order chi connectivity index (χ0) is 25.4. The van der Waals surface area contributed by atoms with Crippen LogP contribution in [0.15, 0.2) is 67.1 Å². The van der Waals surface area contributed by atoms with Crippen LogP contribution >= 0.6 is 0 Å². The second kappa shape index (κ2) is 9.26. The number of hydrogen-bond donors (Lipinski definition) is 2. The Kier molecular flexibility index (Phi) is 5.97. The van der Waals surface area contributed by atoms with E-state index in [1.165, 1.54) is 6.07 Å². The fourth-order valence-corrected chi connectivity index (χ4v) is 3.98. The van der Waals surface area contributed by atoms with Gasteiger partial charge in [-0.25, -0.2) is 13.9 Å². The molecule has 3 heterocycles. The standard InChI is InChI=1S/C27H26FN7O/c1-16(2)24-12-26(35(33-24)20-10-5-17(3)23(28)11-20)32-27(36)31-19-8-6-18(7-9-19)21-13-29-15-25-22(21)14-30-34(25)4/h5-16H,1-4H3,(H2,31,32,36). The predicted molar refractivity (Wildman–Crippen MR) is 139 cm³/mol. The molecule has 9 heteroatoms. The quantitative estimate of drug-likeness (QED) is 0.319. The number of anilines is 2. The van der Waals surface area contributed by atoms with Crippen LogP contribution in [0.25, 0.3) is 27.7 Å². The lowest BCUT2D eigenvalue weighted by Gasteiger charge is -2.11. The third-order valence-electron chi connectivity index (χ3n) is 6.09. The maximum atomic E-state index is 14.2. The molecule has 0 unspecified atom stereocenters. The van der Waals surface area contributed by atoms with Crippen molar-refractivity contribution >= 4 is 28.4 Å². The van der Waals surface area contributed by atoms with E-state index in [2.05, 4.69) is 25.8 Å². The topological polar surface area (TPSA) is 89.7 Å². The van der Waals surface area contributed by atoms with E-state index in [1.807, 2.05) is 51.4 Å². The van der Waals surface area contributed by atoms with Crippen LogP contribution in [0.3, 0.4) is 0 Å². The van der Waals surface area contributed by atoms with Crippen molar-refractivity contribution in [2.75, 3.05) is 10.6 Å². The Bertz CT molecular complexity index is 1570. The fraction of sp³-hybridized carbons (Fsp3) is 0.185. The number of nitrogens with one attached hydrogen (secondary N) is 2. The van der Waals surface area contributed by atoms with Crippen molar-refractivity contribution < 1.29 is 9.18 Å². The van der Waals surface area contributed by atoms with Crippen molar-refractivity contribution in [2.45, 2.75) is 26.7 Å². The van der Waals surface area contributed by atoms with Gasteiger partial charge < -0.3 is 5.32 Å². The summed E-state index contributed by atoms with van der Waals surface area (Å²) >= 11 is 0. The lowest BCUT2D eigenvalue weighted by molar-refractivity contribution is 0.262. The molecular formula is C27H26FN7O. The van der Waals surface area contributed by atoms with Crippen molar-refractivity contribution in [3.05, 3.63) is 84.2 Å². The van der Waals surface area contributed by atoms with Crippen LogP contribution in [-0.4, -0.2) is 30.6 Å². The van der Waals surface area contributed by atoms with Crippen LogP contribution in [-0.2, 0) is 7.05 Å². The molecule has 0 aliphatic carbocycles. The Morgan fingerprint density at radius 1 is 1.00 bits per heavy atom. The van der Waals surface area contributed by atoms with Gasteiger partial charge in [-0.3, -0.25) is 15.0 Å². The first-order valence-corrected chi connectivity index (χ1v) is 11.6. The van der Waals surface area contributed by atoms with E-state index in [-0.39, 0.29) is 11.7 Å². The molecule has 0 saturated heterocycles. The van der Waals surface area contributed by atoms with Crippen molar-refractivity contribution in [3.8, 4) is 16.8 Å². The molecular weight excluding hydrogens is 457 g/mol. The van der Waals surface area contributed by atoms with E-state index in [1.54, 1.807) is 46.9 Å². The molecule has 2 aromatic carbocycles. The minimum absolute atomic E-state index is 0.136. The highest BCUT2D eigenvalue weighted by Gasteiger charge is 2.16. The van der Waals surface area contributed by atoms with Crippen LogP contribution < -0.4 is 10.6 Å². The number of hydrogen-bond acceptors (Lipinski definition) is 4. The molecule has 2 amide bonds. The maximum Gasteiger partial charge on any atom is 0.324 e. The van der Waals surface area contributed by atoms with E-state index < -0.39 is 6.03 Å². The number of benzene rings is 2. The van der Waals surface area contributed by atoms with Gasteiger partial charge in [-0.05, 0) is 48.2 Å². The summed E-state index contributed by atoms with van der Waals surface area (Å²) in [6.07, 6.45) is 5.41. The third-order valence-corrected chi connectivity index (χ3v) is 6.09. The van der Waals surface area contributed by atoms with Gasteiger partial charge in [-0.1, -0.05) is 32.0 Å². The average Bonchev–Trinajstić information content (AvgIpc) is 3.45. The summed E-state index contributed by atoms with van der Waals surface area (Å²) in [5.74, 6) is 0.253. The normalized spacial score (nSPS) is 11.3. The van der Waals surface area contributed by atoms with Gasteiger partial charge in [0, 0.05) is 35.9 Å². The van der Waals surface area contributed by atoms with Crippen molar-refractivity contribution in [3.63, 3.8) is 0 Å². The average molecular weight is 484 g/mol. The molecule has 0 saturated carbocycles. The van der Waals surface area contributed by atoms with E-state index >= 15 is 0 Å². The maximum absolute atomic E-state index is 14.2. The Morgan fingerprint density at radius 2 is 1.78 bits per heavy atom. The summed E-state index contributed by atoms with van der Waals surface area (Å²) in [6, 6.07) is 13.8. The zero-order valence-electron chi connectivity index (χ0n) is 20.5. The number of carbonyl (C=O) groups is 1. The number of aromatic nitrogens is 5. The Hall–Kier alpha value is -4.53. The molecule has 0 atom stereocenters. The first-order valence-electron chi connectivity index (χ1n) is 11.6. The number of nitrogens with zero attached hydrogens (tertiary/aromatic N) is 5. The third kappa shape index (κ3) is 4.43. The highest BCUT2D eigenvalue weighted by atomic mass is 19.1. The number of fused-ring (bicyclic) bond motifs is 1. The van der Waals surface area contributed by atoms with E-state index in [9.17, 15) is 9.18 Å². The van der Waals surface area contributed by atoms with Crippen LogP contribution in [0.5, 0.6) is 0 Å². The molecule has 36 heavy (non-hydrogen) atoms. The number of carbonyl (C=O) groups excluding carboxylic acids is 1.